The number of nitriles is 1. The molecule has 4 atom stereocenters. The molecule has 1 saturated carbocycles. The fraction of sp³-hybridized carbons (Fsp3) is 0.517. The fourth-order valence-corrected chi connectivity index (χ4v) is 5.09. The third-order valence-corrected chi connectivity index (χ3v) is 7.05. The van der Waals surface area contributed by atoms with Crippen LogP contribution >= 0.6 is 0 Å². The maximum Gasteiger partial charge on any atom is 0.252 e. The van der Waals surface area contributed by atoms with Crippen molar-refractivity contribution >= 4 is 5.91 Å². The second-order valence-corrected chi connectivity index (χ2v) is 10.7. The summed E-state index contributed by atoms with van der Waals surface area (Å²) in [5.74, 6) is -2.74. The molecule has 2 aromatic carbocycles. The first kappa shape index (κ1) is 29.1. The van der Waals surface area contributed by atoms with Crippen LogP contribution in [0.4, 0.5) is 8.78 Å². The van der Waals surface area contributed by atoms with Gasteiger partial charge in [-0.15, -0.1) is 0 Å². The monoisotopic (exact) mass is 543 g/mol. The van der Waals surface area contributed by atoms with E-state index in [0.29, 0.717) is 24.2 Å². The van der Waals surface area contributed by atoms with Crippen LogP contribution in [0.25, 0.3) is 0 Å². The lowest BCUT2D eigenvalue weighted by atomic mass is 9.78. The summed E-state index contributed by atoms with van der Waals surface area (Å²) in [5.41, 5.74) is -0.531. The summed E-state index contributed by atoms with van der Waals surface area (Å²) in [4.78, 5) is 15.7. The van der Waals surface area contributed by atoms with Gasteiger partial charge < -0.3 is 29.2 Å². The quantitative estimate of drug-likeness (QED) is 0.489. The van der Waals surface area contributed by atoms with Gasteiger partial charge in [0.25, 0.3) is 5.91 Å². The van der Waals surface area contributed by atoms with E-state index in [1.165, 1.54) is 18.2 Å². The van der Waals surface area contributed by atoms with E-state index < -0.39 is 41.3 Å². The number of halogens is 2. The van der Waals surface area contributed by atoms with E-state index >= 15 is 0 Å². The molecule has 1 aliphatic carbocycles. The van der Waals surface area contributed by atoms with Crippen LogP contribution in [0, 0.1) is 23.0 Å². The van der Waals surface area contributed by atoms with Gasteiger partial charge in [0.05, 0.1) is 37.1 Å². The van der Waals surface area contributed by atoms with E-state index in [1.54, 1.807) is 38.1 Å². The highest BCUT2D eigenvalue weighted by molar-refractivity contribution is 5.85. The number of ether oxygens (including phenoxy) is 4. The summed E-state index contributed by atoms with van der Waals surface area (Å²) in [6.07, 6.45) is -1.68. The van der Waals surface area contributed by atoms with Gasteiger partial charge in [0.2, 0.25) is 0 Å². The largest absolute Gasteiger partial charge is 0.370 e. The average molecular weight is 544 g/mol. The van der Waals surface area contributed by atoms with E-state index in [2.05, 4.69) is 11.4 Å². The maximum absolute atomic E-state index is 14.4. The van der Waals surface area contributed by atoms with Crippen LogP contribution in [0.1, 0.15) is 43.4 Å². The third kappa shape index (κ3) is 6.80. The second-order valence-electron chi connectivity index (χ2n) is 10.7. The van der Waals surface area contributed by atoms with Crippen molar-refractivity contribution in [1.29, 1.82) is 5.26 Å². The lowest BCUT2D eigenvalue weighted by molar-refractivity contribution is -0.183. The van der Waals surface area contributed by atoms with Crippen LogP contribution in [-0.2, 0) is 37.0 Å². The van der Waals surface area contributed by atoms with Crippen molar-refractivity contribution in [3.63, 3.8) is 0 Å². The standard InChI is InChI=1S/C29H35F2N3O5/c1-28(2)38-25-15-29(27(35)33-12-13-34(3)4,37-17-20-9-6-5-8-19(20)16-32)14-24(26(25)39-28)36-18-21-22(30)10-7-11-23(21)31/h5-11,24-26H,12-15,17-18H2,1-4H3,(H,33,35)/t24?,25-,26+,29-/m1/s1. The summed E-state index contributed by atoms with van der Waals surface area (Å²) in [6.45, 7) is 4.18. The zero-order valence-corrected chi connectivity index (χ0v) is 22.7. The molecule has 0 aromatic heterocycles. The number of benzene rings is 2. The Morgan fingerprint density at radius 2 is 1.82 bits per heavy atom. The molecular weight excluding hydrogens is 508 g/mol. The molecule has 39 heavy (non-hydrogen) atoms. The minimum absolute atomic E-state index is 0.00112. The smallest absolute Gasteiger partial charge is 0.252 e. The first-order valence-electron chi connectivity index (χ1n) is 13.0. The van der Waals surface area contributed by atoms with Crippen LogP contribution < -0.4 is 5.32 Å². The molecule has 1 heterocycles. The first-order valence-corrected chi connectivity index (χ1v) is 13.0. The van der Waals surface area contributed by atoms with Crippen LogP contribution in [-0.4, -0.2) is 67.7 Å². The Kier molecular flexibility index (Phi) is 8.99. The number of nitrogens with one attached hydrogen (secondary N) is 1. The van der Waals surface area contributed by atoms with Crippen molar-refractivity contribution in [1.82, 2.24) is 10.2 Å². The van der Waals surface area contributed by atoms with E-state index in [9.17, 15) is 18.8 Å². The lowest BCUT2D eigenvalue weighted by Crippen LogP contribution is -2.60. The summed E-state index contributed by atoms with van der Waals surface area (Å²) in [6, 6.07) is 12.8. The molecule has 4 rings (SSSR count). The molecule has 1 aliphatic heterocycles. The molecule has 0 radical (unpaired) electrons. The number of carbonyl (C=O) groups is 1. The molecule has 1 amide bonds. The van der Waals surface area contributed by atoms with Gasteiger partial charge in [-0.1, -0.05) is 24.3 Å². The topological polar surface area (TPSA) is 93.1 Å². The van der Waals surface area contributed by atoms with Crippen LogP contribution in [0.2, 0.25) is 0 Å². The Labute approximate surface area is 227 Å². The van der Waals surface area contributed by atoms with Crippen molar-refractivity contribution in [2.45, 2.75) is 69.6 Å². The number of fused-ring (bicyclic) bond motifs is 1. The van der Waals surface area contributed by atoms with E-state index in [4.69, 9.17) is 18.9 Å². The fourth-order valence-electron chi connectivity index (χ4n) is 5.09. The van der Waals surface area contributed by atoms with Crippen LogP contribution in [0.15, 0.2) is 42.5 Å². The van der Waals surface area contributed by atoms with Crippen molar-refractivity contribution in [3.8, 4) is 6.07 Å². The van der Waals surface area contributed by atoms with E-state index in [-0.39, 0.29) is 37.5 Å². The molecule has 0 spiro atoms. The summed E-state index contributed by atoms with van der Waals surface area (Å²) in [7, 11) is 3.81. The molecule has 2 fully saturated rings. The summed E-state index contributed by atoms with van der Waals surface area (Å²) in [5, 5.41) is 12.5. The van der Waals surface area contributed by atoms with Crippen molar-refractivity contribution in [3.05, 3.63) is 70.8 Å². The van der Waals surface area contributed by atoms with Gasteiger partial charge in [-0.2, -0.15) is 5.26 Å². The number of carbonyl (C=O) groups excluding carboxylic acids is 1. The zero-order valence-electron chi connectivity index (χ0n) is 22.7. The van der Waals surface area contributed by atoms with E-state index in [0.717, 1.165) is 0 Å². The van der Waals surface area contributed by atoms with Gasteiger partial charge in [-0.25, -0.2) is 8.78 Å². The summed E-state index contributed by atoms with van der Waals surface area (Å²) < 4.78 is 53.5. The molecule has 10 heteroatoms. The number of likely N-dealkylation sites (N-methyl/N-ethyl adjacent to an activating group) is 1. The Bertz CT molecular complexity index is 1200. The molecule has 210 valence electrons. The Balaban J connectivity index is 1.63. The predicted octanol–water partition coefficient (Wildman–Crippen LogP) is 3.67. The summed E-state index contributed by atoms with van der Waals surface area (Å²) >= 11 is 0. The highest BCUT2D eigenvalue weighted by Gasteiger charge is 2.58. The van der Waals surface area contributed by atoms with E-state index in [1.807, 2.05) is 19.0 Å². The SMILES string of the molecule is CN(C)CCNC(=O)[C@@]1(OCc2ccccc2C#N)CC(OCc2c(F)cccc2F)[C@@H]2OC(C)(C)O[C@@H]2C1. The van der Waals surface area contributed by atoms with Crippen molar-refractivity contribution < 1.29 is 32.5 Å². The first-order chi connectivity index (χ1) is 18.5. The van der Waals surface area contributed by atoms with Gasteiger partial charge in [-0.05, 0) is 51.7 Å². The number of hydrogen-bond donors (Lipinski definition) is 1. The third-order valence-electron chi connectivity index (χ3n) is 7.05. The van der Waals surface area contributed by atoms with Gasteiger partial charge in [0.15, 0.2) is 11.4 Å². The Hall–Kier alpha value is -2.94. The minimum Gasteiger partial charge on any atom is -0.370 e. The maximum atomic E-state index is 14.4. The van der Waals surface area contributed by atoms with Crippen molar-refractivity contribution in [2.24, 2.45) is 0 Å². The molecular formula is C29H35F2N3O5. The predicted molar refractivity (Wildman–Crippen MR) is 138 cm³/mol. The number of rotatable bonds is 10. The average Bonchev–Trinajstić information content (AvgIpc) is 3.20. The Morgan fingerprint density at radius 3 is 2.51 bits per heavy atom. The van der Waals surface area contributed by atoms with Crippen molar-refractivity contribution in [2.75, 3.05) is 27.2 Å². The lowest BCUT2D eigenvalue weighted by Gasteiger charge is -2.43. The van der Waals surface area contributed by atoms with Gasteiger partial charge >= 0.3 is 0 Å². The normalized spacial score (nSPS) is 25.7. The molecule has 1 unspecified atom stereocenters. The molecule has 1 N–H and O–H groups in total. The molecule has 2 aromatic rings. The molecule has 0 bridgehead atoms. The highest BCUT2D eigenvalue weighted by atomic mass is 19.1. The minimum atomic E-state index is -1.40. The van der Waals surface area contributed by atoms with Crippen LogP contribution in [0.3, 0.4) is 0 Å². The second kappa shape index (κ2) is 12.1. The van der Waals surface area contributed by atoms with Crippen LogP contribution in [0.5, 0.6) is 0 Å². The number of amides is 1. The zero-order chi connectivity index (χ0) is 28.2. The Morgan fingerprint density at radius 1 is 1.10 bits per heavy atom. The van der Waals surface area contributed by atoms with Gasteiger partial charge in [-0.3, -0.25) is 4.79 Å². The molecule has 2 aliphatic rings. The highest BCUT2D eigenvalue weighted by Crippen LogP contribution is 2.44. The molecule has 1 saturated heterocycles. The number of hydrogen-bond acceptors (Lipinski definition) is 7. The van der Waals surface area contributed by atoms with Gasteiger partial charge in [0, 0.05) is 31.5 Å². The molecule has 8 nitrogen and oxygen atoms in total. The van der Waals surface area contributed by atoms with Gasteiger partial charge in [0.1, 0.15) is 17.7 Å². The number of nitrogens with zero attached hydrogens (tertiary/aromatic N) is 2.